The average Bonchev–Trinajstić information content (AvgIpc) is 3.29. The van der Waals surface area contributed by atoms with Gasteiger partial charge >= 0.3 is 0 Å². The molecule has 4 aromatic rings. The van der Waals surface area contributed by atoms with Crippen LogP contribution < -0.4 is 10.3 Å². The third-order valence-corrected chi connectivity index (χ3v) is 7.17. The molecule has 0 bridgehead atoms. The Morgan fingerprint density at radius 2 is 1.78 bits per heavy atom. The highest BCUT2D eigenvalue weighted by Gasteiger charge is 2.28. The molecule has 5 nitrogen and oxygen atoms in total. The number of halogens is 1. The predicted octanol–water partition coefficient (Wildman–Crippen LogP) is 5.85. The lowest BCUT2D eigenvalue weighted by Crippen LogP contribution is -2.24. The maximum absolute atomic E-state index is 13.0. The van der Waals surface area contributed by atoms with Crippen LogP contribution in [-0.4, -0.2) is 22.9 Å². The number of rotatable bonds is 4. The van der Waals surface area contributed by atoms with Crippen LogP contribution >= 0.6 is 27.3 Å². The van der Waals surface area contributed by atoms with E-state index in [0.29, 0.717) is 34.7 Å². The van der Waals surface area contributed by atoms with Gasteiger partial charge < -0.3 is 9.72 Å². The Kier molecular flexibility index (Phi) is 5.53. The summed E-state index contributed by atoms with van der Waals surface area (Å²) in [6.07, 6.45) is 1.03. The van der Waals surface area contributed by atoms with Gasteiger partial charge in [-0.2, -0.15) is 0 Å². The Morgan fingerprint density at radius 1 is 1.03 bits per heavy atom. The van der Waals surface area contributed by atoms with Crippen molar-refractivity contribution in [2.24, 2.45) is 0 Å². The minimum absolute atomic E-state index is 0.0336. The third kappa shape index (κ3) is 3.94. The van der Waals surface area contributed by atoms with Crippen LogP contribution in [0.15, 0.2) is 69.2 Å². The van der Waals surface area contributed by atoms with Gasteiger partial charge in [-0.15, -0.1) is 11.3 Å². The zero-order valence-electron chi connectivity index (χ0n) is 17.2. The number of aromatic nitrogens is 2. The summed E-state index contributed by atoms with van der Waals surface area (Å²) < 4.78 is 6.21. The smallest absolute Gasteiger partial charge is 0.258 e. The summed E-state index contributed by atoms with van der Waals surface area (Å²) in [6, 6.07) is 17.3. The van der Waals surface area contributed by atoms with E-state index in [1.807, 2.05) is 53.9 Å². The molecule has 0 fully saturated rings. The molecule has 2 heterocycles. The molecule has 160 valence electrons. The van der Waals surface area contributed by atoms with E-state index in [1.54, 1.807) is 13.2 Å². The maximum Gasteiger partial charge on any atom is 0.258 e. The highest BCUT2D eigenvalue weighted by Crippen LogP contribution is 2.34. The van der Waals surface area contributed by atoms with Gasteiger partial charge in [0.2, 0.25) is 0 Å². The zero-order chi connectivity index (χ0) is 22.2. The number of aromatic amines is 1. The lowest BCUT2D eigenvalue weighted by molar-refractivity contribution is 0.0963. The Labute approximate surface area is 197 Å². The number of carbonyl (C=O) groups excluding carboxylic acids is 1. The number of hydrogen-bond donors (Lipinski definition) is 1. The molecule has 1 aliphatic carbocycles. The van der Waals surface area contributed by atoms with Gasteiger partial charge in [-0.25, -0.2) is 4.98 Å². The van der Waals surface area contributed by atoms with Gasteiger partial charge in [-0.05, 0) is 48.2 Å². The van der Waals surface area contributed by atoms with Gasteiger partial charge in [0.1, 0.15) is 10.8 Å². The fraction of sp³-hybridized carbons (Fsp3) is 0.160. The van der Waals surface area contributed by atoms with Gasteiger partial charge in [0.05, 0.1) is 18.4 Å². The van der Waals surface area contributed by atoms with Gasteiger partial charge in [-0.3, -0.25) is 9.59 Å². The van der Waals surface area contributed by atoms with Crippen molar-refractivity contribution in [3.05, 3.63) is 91.6 Å². The number of hydrogen-bond acceptors (Lipinski definition) is 5. The van der Waals surface area contributed by atoms with Crippen molar-refractivity contribution in [3.63, 3.8) is 0 Å². The van der Waals surface area contributed by atoms with E-state index in [0.717, 1.165) is 27.0 Å². The number of ether oxygens (including phenoxy) is 1. The predicted molar refractivity (Wildman–Crippen MR) is 130 cm³/mol. The van der Waals surface area contributed by atoms with Crippen LogP contribution in [0.2, 0.25) is 0 Å². The highest BCUT2D eigenvalue weighted by atomic mass is 79.9. The van der Waals surface area contributed by atoms with E-state index in [9.17, 15) is 9.59 Å². The van der Waals surface area contributed by atoms with E-state index in [2.05, 4.69) is 25.9 Å². The van der Waals surface area contributed by atoms with Crippen LogP contribution in [0.25, 0.3) is 21.8 Å². The van der Waals surface area contributed by atoms with Crippen LogP contribution in [0.4, 0.5) is 0 Å². The second-order valence-electron chi connectivity index (χ2n) is 7.75. The van der Waals surface area contributed by atoms with E-state index in [4.69, 9.17) is 4.74 Å². The molecule has 0 saturated heterocycles. The van der Waals surface area contributed by atoms with Crippen LogP contribution in [0.5, 0.6) is 5.75 Å². The molecule has 0 aliphatic heterocycles. The van der Waals surface area contributed by atoms with E-state index >= 15 is 0 Å². The standard InChI is InChI=1S/C25H19BrN2O3S/c1-31-18-8-4-14(5-9-18)16-10-21-19(23(29)11-16)12-20(24(30)27-21)25-28-22(13-32-25)15-2-6-17(26)7-3-15/h2-9,12-13,16H,10-11H2,1H3,(H,27,30)/t16-/m0/s1. The normalized spacial score (nSPS) is 15.4. The van der Waals surface area contributed by atoms with Crippen molar-refractivity contribution >= 4 is 33.0 Å². The number of carbonyl (C=O) groups is 1. The number of nitrogens with one attached hydrogen (secondary N) is 1. The first-order valence-corrected chi connectivity index (χ1v) is 11.8. The van der Waals surface area contributed by atoms with E-state index < -0.39 is 0 Å². The van der Waals surface area contributed by atoms with E-state index in [1.165, 1.54) is 11.3 Å². The van der Waals surface area contributed by atoms with Crippen molar-refractivity contribution < 1.29 is 9.53 Å². The minimum Gasteiger partial charge on any atom is -0.497 e. The Bertz CT molecular complexity index is 1360. The molecule has 2 aromatic carbocycles. The summed E-state index contributed by atoms with van der Waals surface area (Å²) in [5, 5.41) is 2.54. The molecule has 0 radical (unpaired) electrons. The maximum atomic E-state index is 13.0. The Hall–Kier alpha value is -3.03. The molecule has 0 amide bonds. The number of Topliss-reactive ketones (excluding diaryl/α,β-unsaturated/α-hetero) is 1. The lowest BCUT2D eigenvalue weighted by atomic mass is 9.81. The molecule has 0 unspecified atom stereocenters. The molecule has 5 rings (SSSR count). The monoisotopic (exact) mass is 506 g/mol. The quantitative estimate of drug-likeness (QED) is 0.376. The van der Waals surface area contributed by atoms with Crippen molar-refractivity contribution in [3.8, 4) is 27.6 Å². The number of fused-ring (bicyclic) bond motifs is 1. The van der Waals surface area contributed by atoms with Crippen LogP contribution in [0.1, 0.15) is 34.0 Å². The summed E-state index contributed by atoms with van der Waals surface area (Å²) in [5.41, 5.74) is 4.35. The van der Waals surface area contributed by atoms with Crippen LogP contribution in [0.3, 0.4) is 0 Å². The van der Waals surface area contributed by atoms with Crippen molar-refractivity contribution in [2.75, 3.05) is 7.11 Å². The number of thiazole rings is 1. The fourth-order valence-electron chi connectivity index (χ4n) is 4.05. The topological polar surface area (TPSA) is 72.0 Å². The molecule has 7 heteroatoms. The number of ketones is 1. The third-order valence-electron chi connectivity index (χ3n) is 5.77. The number of benzene rings is 2. The summed E-state index contributed by atoms with van der Waals surface area (Å²) in [4.78, 5) is 33.5. The molecule has 32 heavy (non-hydrogen) atoms. The largest absolute Gasteiger partial charge is 0.497 e. The van der Waals surface area contributed by atoms with E-state index in [-0.39, 0.29) is 17.3 Å². The summed E-state index contributed by atoms with van der Waals surface area (Å²) >= 11 is 4.84. The molecule has 1 atom stereocenters. The lowest BCUT2D eigenvalue weighted by Gasteiger charge is -2.24. The first kappa shape index (κ1) is 20.8. The zero-order valence-corrected chi connectivity index (χ0v) is 19.6. The van der Waals surface area contributed by atoms with Crippen LogP contribution in [0, 0.1) is 0 Å². The Balaban J connectivity index is 1.46. The van der Waals surface area contributed by atoms with Crippen molar-refractivity contribution in [2.45, 2.75) is 18.8 Å². The summed E-state index contributed by atoms with van der Waals surface area (Å²) in [7, 11) is 1.63. The molecule has 1 aliphatic rings. The molecule has 0 spiro atoms. The second kappa shape index (κ2) is 8.48. The first-order valence-electron chi connectivity index (χ1n) is 10.2. The highest BCUT2D eigenvalue weighted by molar-refractivity contribution is 9.10. The summed E-state index contributed by atoms with van der Waals surface area (Å²) in [6.45, 7) is 0. The second-order valence-corrected chi connectivity index (χ2v) is 9.52. The first-order chi connectivity index (χ1) is 15.5. The van der Waals surface area contributed by atoms with Gasteiger partial charge in [0.25, 0.3) is 5.56 Å². The number of pyridine rings is 1. The number of nitrogens with zero attached hydrogens (tertiary/aromatic N) is 1. The number of methoxy groups -OCH3 is 1. The van der Waals surface area contributed by atoms with Gasteiger partial charge in [0, 0.05) is 33.1 Å². The molecule has 2 aromatic heterocycles. The van der Waals surface area contributed by atoms with Crippen LogP contribution in [-0.2, 0) is 6.42 Å². The minimum atomic E-state index is -0.219. The average molecular weight is 507 g/mol. The number of H-pyrrole nitrogens is 1. The van der Waals surface area contributed by atoms with Gasteiger partial charge in [-0.1, -0.05) is 40.2 Å². The molecular weight excluding hydrogens is 488 g/mol. The van der Waals surface area contributed by atoms with Gasteiger partial charge in [0.15, 0.2) is 5.78 Å². The van der Waals surface area contributed by atoms with Crippen molar-refractivity contribution in [1.29, 1.82) is 0 Å². The molecule has 1 N–H and O–H groups in total. The SMILES string of the molecule is COc1ccc([C@@H]2CC(=O)c3cc(-c4nc(-c5ccc(Br)cc5)cs4)c(=O)[nH]c3C2)cc1. The summed E-state index contributed by atoms with van der Waals surface area (Å²) in [5.74, 6) is 0.848. The van der Waals surface area contributed by atoms with Crippen molar-refractivity contribution in [1.82, 2.24) is 9.97 Å². The Morgan fingerprint density at radius 3 is 2.50 bits per heavy atom. The fourth-order valence-corrected chi connectivity index (χ4v) is 5.16. The molecule has 0 saturated carbocycles. The molecular formula is C25H19BrN2O3S.